The van der Waals surface area contributed by atoms with Gasteiger partial charge in [-0.15, -0.1) is 0 Å². The van der Waals surface area contributed by atoms with Crippen molar-refractivity contribution in [2.24, 2.45) is 0 Å². The quantitative estimate of drug-likeness (QED) is 0.409. The molecule has 1 atom stereocenters. The van der Waals surface area contributed by atoms with Crippen molar-refractivity contribution in [3.63, 3.8) is 0 Å². The number of aromatic nitrogens is 5. The lowest BCUT2D eigenvalue weighted by Crippen LogP contribution is -2.23. The Kier molecular flexibility index (Phi) is 5.94. The summed E-state index contributed by atoms with van der Waals surface area (Å²) in [7, 11) is 2.02. The lowest BCUT2D eigenvalue weighted by atomic mass is 9.96. The van der Waals surface area contributed by atoms with Crippen LogP contribution in [0.5, 0.6) is 5.75 Å². The van der Waals surface area contributed by atoms with Crippen molar-refractivity contribution >= 4 is 17.5 Å². The van der Waals surface area contributed by atoms with Crippen LogP contribution in [0.2, 0.25) is 0 Å². The average Bonchev–Trinajstić information content (AvgIpc) is 3.49. The number of benzene rings is 2. The molecule has 3 heterocycles. The molecule has 4 aromatic rings. The molecule has 0 amide bonds. The lowest BCUT2D eigenvalue weighted by molar-refractivity contribution is 0.306. The summed E-state index contributed by atoms with van der Waals surface area (Å²) in [6.45, 7) is 3.19. The number of hydrogen-bond donors (Lipinski definition) is 1. The molecule has 1 aliphatic heterocycles. The summed E-state index contributed by atoms with van der Waals surface area (Å²) in [4.78, 5) is 16.1. The van der Waals surface area contributed by atoms with Crippen LogP contribution in [0.25, 0.3) is 5.69 Å². The van der Waals surface area contributed by atoms with E-state index < -0.39 is 11.6 Å². The van der Waals surface area contributed by atoms with E-state index in [0.717, 1.165) is 60.3 Å². The Hall–Kier alpha value is -4.08. The maximum absolute atomic E-state index is 14.8. The summed E-state index contributed by atoms with van der Waals surface area (Å²) in [6, 6.07) is 9.51. The molecule has 1 N–H and O–H groups in total. The second-order valence-corrected chi connectivity index (χ2v) is 9.51. The fraction of sp³-hybridized carbons (Fsp3) is 0.333. The van der Waals surface area contributed by atoms with Gasteiger partial charge in [0.05, 0.1) is 12.3 Å². The molecular weight excluding hydrogens is 476 g/mol. The molecule has 1 unspecified atom stereocenters. The van der Waals surface area contributed by atoms with E-state index in [9.17, 15) is 8.78 Å². The Morgan fingerprint density at radius 1 is 1.08 bits per heavy atom. The smallest absolute Gasteiger partial charge is 0.229 e. The first kappa shape index (κ1) is 23.3. The van der Waals surface area contributed by atoms with Crippen molar-refractivity contribution < 1.29 is 13.5 Å². The molecule has 190 valence electrons. The van der Waals surface area contributed by atoms with E-state index in [2.05, 4.69) is 20.3 Å². The molecule has 0 spiro atoms. The van der Waals surface area contributed by atoms with Crippen molar-refractivity contribution in [3.05, 3.63) is 77.0 Å². The standard InChI is InChI=1S/C27H27F2N7O/c1-16-30-15-36(34-16)23-10-6-18-14-24(23)37-12-4-3-11-35(2)26-21-9-8-20(25(21)32-27(31-18)33-26)19-7-5-17(28)13-22(19)29/h5-7,10,13-15,20H,3-4,8-9,11-12H2,1-2H3,(H,31,32,33). The van der Waals surface area contributed by atoms with Gasteiger partial charge in [0.25, 0.3) is 0 Å². The van der Waals surface area contributed by atoms with E-state index in [4.69, 9.17) is 14.7 Å². The molecule has 8 nitrogen and oxygen atoms in total. The molecule has 2 aliphatic rings. The van der Waals surface area contributed by atoms with Crippen LogP contribution >= 0.6 is 0 Å². The lowest BCUT2D eigenvalue weighted by Gasteiger charge is -2.22. The van der Waals surface area contributed by atoms with Gasteiger partial charge in [-0.2, -0.15) is 10.1 Å². The van der Waals surface area contributed by atoms with E-state index >= 15 is 0 Å². The van der Waals surface area contributed by atoms with E-state index in [0.29, 0.717) is 36.1 Å². The topological polar surface area (TPSA) is 81.0 Å². The van der Waals surface area contributed by atoms with Gasteiger partial charge in [0, 0.05) is 42.9 Å². The van der Waals surface area contributed by atoms with Gasteiger partial charge in [-0.05, 0) is 56.4 Å². The number of hydrogen-bond acceptors (Lipinski definition) is 7. The van der Waals surface area contributed by atoms with Crippen molar-refractivity contribution in [3.8, 4) is 11.4 Å². The summed E-state index contributed by atoms with van der Waals surface area (Å²) < 4.78 is 36.2. The van der Waals surface area contributed by atoms with Crippen molar-refractivity contribution in [2.45, 2.75) is 38.5 Å². The van der Waals surface area contributed by atoms with Crippen molar-refractivity contribution in [2.75, 3.05) is 30.4 Å². The highest BCUT2D eigenvalue weighted by atomic mass is 19.1. The van der Waals surface area contributed by atoms with Gasteiger partial charge < -0.3 is 15.0 Å². The van der Waals surface area contributed by atoms with Crippen LogP contribution in [0.15, 0.2) is 42.7 Å². The third-order valence-corrected chi connectivity index (χ3v) is 6.94. The number of nitrogens with zero attached hydrogens (tertiary/aromatic N) is 6. The Labute approximate surface area is 213 Å². The molecule has 1 aliphatic carbocycles. The van der Waals surface area contributed by atoms with Gasteiger partial charge >= 0.3 is 0 Å². The molecule has 4 bridgehead atoms. The number of rotatable bonds is 2. The Morgan fingerprint density at radius 2 is 1.97 bits per heavy atom. The third-order valence-electron chi connectivity index (χ3n) is 6.94. The predicted octanol–water partition coefficient (Wildman–Crippen LogP) is 5.07. The average molecular weight is 504 g/mol. The summed E-state index contributed by atoms with van der Waals surface area (Å²) in [5.74, 6) is 1.21. The van der Waals surface area contributed by atoms with Gasteiger partial charge in [0.2, 0.25) is 5.95 Å². The summed E-state index contributed by atoms with van der Waals surface area (Å²) >= 11 is 0. The van der Waals surface area contributed by atoms with Crippen LogP contribution in [0.4, 0.5) is 26.2 Å². The van der Waals surface area contributed by atoms with E-state index in [1.54, 1.807) is 11.0 Å². The first-order valence-corrected chi connectivity index (χ1v) is 12.5. The molecule has 0 radical (unpaired) electrons. The Bertz CT molecular complexity index is 1470. The van der Waals surface area contributed by atoms with Gasteiger partial charge in [-0.25, -0.2) is 23.4 Å². The van der Waals surface area contributed by atoms with Crippen LogP contribution in [0, 0.1) is 18.6 Å². The predicted molar refractivity (Wildman–Crippen MR) is 136 cm³/mol. The molecule has 10 heteroatoms. The molecule has 37 heavy (non-hydrogen) atoms. The second kappa shape index (κ2) is 9.42. The van der Waals surface area contributed by atoms with E-state index in [-0.39, 0.29) is 5.92 Å². The SMILES string of the molecule is Cc1ncn(-c2ccc3cc2OCCCCN(C)c2nc(nc4c2CCC4c2ccc(F)cc2F)N3)n1. The van der Waals surface area contributed by atoms with E-state index in [1.807, 2.05) is 32.2 Å². The van der Waals surface area contributed by atoms with Crippen LogP contribution in [-0.2, 0) is 6.42 Å². The Morgan fingerprint density at radius 3 is 2.78 bits per heavy atom. The summed E-state index contributed by atoms with van der Waals surface area (Å²) in [6.07, 6.45) is 4.86. The molecule has 0 saturated carbocycles. The number of halogens is 2. The maximum Gasteiger partial charge on any atom is 0.229 e. The molecule has 0 fully saturated rings. The van der Waals surface area contributed by atoms with Crippen molar-refractivity contribution in [1.29, 1.82) is 0 Å². The first-order chi connectivity index (χ1) is 18.0. The highest BCUT2D eigenvalue weighted by Gasteiger charge is 2.32. The van der Waals surface area contributed by atoms with Gasteiger partial charge in [0.1, 0.15) is 41.0 Å². The number of aryl methyl sites for hydroxylation is 1. The highest BCUT2D eigenvalue weighted by Crippen LogP contribution is 2.42. The number of fused-ring (bicyclic) bond motifs is 6. The van der Waals surface area contributed by atoms with Gasteiger partial charge in [0.15, 0.2) is 0 Å². The minimum Gasteiger partial charge on any atom is -0.491 e. The molecular formula is C27H27F2N7O. The molecule has 2 aromatic heterocycles. The zero-order valence-electron chi connectivity index (χ0n) is 20.7. The molecule has 0 saturated heterocycles. The Balaban J connectivity index is 1.43. The van der Waals surface area contributed by atoms with Crippen LogP contribution in [0.3, 0.4) is 0 Å². The van der Waals surface area contributed by atoms with Crippen molar-refractivity contribution in [1.82, 2.24) is 24.7 Å². The van der Waals surface area contributed by atoms with Gasteiger partial charge in [-0.1, -0.05) is 6.07 Å². The van der Waals surface area contributed by atoms with Crippen LogP contribution < -0.4 is 15.0 Å². The fourth-order valence-electron chi connectivity index (χ4n) is 5.13. The second-order valence-electron chi connectivity index (χ2n) is 9.51. The number of nitrogens with one attached hydrogen (secondary N) is 1. The van der Waals surface area contributed by atoms with Crippen LogP contribution in [0.1, 0.15) is 47.8 Å². The third kappa shape index (κ3) is 4.47. The van der Waals surface area contributed by atoms with E-state index in [1.165, 1.54) is 12.1 Å². The number of ether oxygens (including phenoxy) is 1. The van der Waals surface area contributed by atoms with Crippen LogP contribution in [-0.4, -0.2) is 44.9 Å². The number of anilines is 3. The minimum atomic E-state index is -0.585. The highest BCUT2D eigenvalue weighted by molar-refractivity contribution is 5.64. The largest absolute Gasteiger partial charge is 0.491 e. The normalized spacial score (nSPS) is 17.2. The maximum atomic E-state index is 14.8. The zero-order chi connectivity index (χ0) is 25.5. The fourth-order valence-corrected chi connectivity index (χ4v) is 5.13. The molecule has 6 rings (SSSR count). The zero-order valence-corrected chi connectivity index (χ0v) is 20.7. The first-order valence-electron chi connectivity index (χ1n) is 12.5. The minimum absolute atomic E-state index is 0.265. The monoisotopic (exact) mass is 503 g/mol. The summed E-state index contributed by atoms with van der Waals surface area (Å²) in [5.41, 5.74) is 3.81. The van der Waals surface area contributed by atoms with Gasteiger partial charge in [-0.3, -0.25) is 0 Å². The summed E-state index contributed by atoms with van der Waals surface area (Å²) in [5, 5.41) is 7.75. The molecule has 2 aromatic carbocycles.